The van der Waals surface area contributed by atoms with Crippen LogP contribution < -0.4 is 0 Å². The molecule has 1 aliphatic rings. The number of hydrogen-bond acceptors (Lipinski definition) is 1. The lowest BCUT2D eigenvalue weighted by molar-refractivity contribution is 0.855. The zero-order valence-electron chi connectivity index (χ0n) is 9.54. The smallest absolute Gasteiger partial charge is 0.0516 e. The van der Waals surface area contributed by atoms with Crippen molar-refractivity contribution in [3.63, 3.8) is 0 Å². The predicted octanol–water partition coefficient (Wildman–Crippen LogP) is 3.80. The van der Waals surface area contributed by atoms with Gasteiger partial charge in [0.15, 0.2) is 0 Å². The van der Waals surface area contributed by atoms with Crippen molar-refractivity contribution in [1.29, 1.82) is 0 Å². The third-order valence-electron chi connectivity index (χ3n) is 2.32. The van der Waals surface area contributed by atoms with E-state index < -0.39 is 0 Å². The summed E-state index contributed by atoms with van der Waals surface area (Å²) in [7, 11) is 0. The topological polar surface area (TPSA) is 12.9 Å². The van der Waals surface area contributed by atoms with Gasteiger partial charge in [-0.05, 0) is 23.1 Å². The van der Waals surface area contributed by atoms with Crippen molar-refractivity contribution in [1.82, 2.24) is 4.98 Å². The minimum absolute atomic E-state index is 0.601. The highest BCUT2D eigenvalue weighted by atomic mass is 14.7. The number of rotatable bonds is 1. The molecule has 0 bridgehead atoms. The maximum absolute atomic E-state index is 4.34. The first-order valence-electron chi connectivity index (χ1n) is 5.43. The van der Waals surface area contributed by atoms with E-state index in [1.165, 1.54) is 16.8 Å². The summed E-state index contributed by atoms with van der Waals surface area (Å²) in [5.74, 6) is 0.601. The van der Waals surface area contributed by atoms with Crippen molar-refractivity contribution >= 4 is 6.08 Å². The van der Waals surface area contributed by atoms with Crippen molar-refractivity contribution in [2.75, 3.05) is 0 Å². The van der Waals surface area contributed by atoms with Crippen LogP contribution >= 0.6 is 0 Å². The second kappa shape index (κ2) is 4.94. The van der Waals surface area contributed by atoms with Gasteiger partial charge < -0.3 is 0 Å². The summed E-state index contributed by atoms with van der Waals surface area (Å²) in [4.78, 5) is 4.34. The van der Waals surface area contributed by atoms with E-state index in [0.717, 1.165) is 6.42 Å². The Bertz CT molecular complexity index is 324. The Morgan fingerprint density at radius 3 is 2.64 bits per heavy atom. The molecule has 0 saturated carbocycles. The lowest BCUT2D eigenvalue weighted by Gasteiger charge is -2.09. The molecule has 0 radical (unpaired) electrons. The van der Waals surface area contributed by atoms with Gasteiger partial charge in [0.2, 0.25) is 0 Å². The first-order valence-corrected chi connectivity index (χ1v) is 5.43. The van der Waals surface area contributed by atoms with Gasteiger partial charge in [0.05, 0.1) is 5.69 Å². The first-order chi connectivity index (χ1) is 6.79. The molecule has 0 spiro atoms. The Kier molecular flexibility index (Phi) is 3.87. The molecule has 1 aromatic rings. The van der Waals surface area contributed by atoms with Crippen LogP contribution in [0.25, 0.3) is 6.08 Å². The van der Waals surface area contributed by atoms with Gasteiger partial charge in [-0.25, -0.2) is 0 Å². The zero-order chi connectivity index (χ0) is 10.6. The Hall–Kier alpha value is -1.11. The fraction of sp³-hybridized carbons (Fsp3) is 0.462. The number of aromatic nitrogens is 1. The molecule has 0 amide bonds. The molecule has 1 nitrogen and oxygen atoms in total. The van der Waals surface area contributed by atoms with Gasteiger partial charge in [-0.1, -0.05) is 39.8 Å². The summed E-state index contributed by atoms with van der Waals surface area (Å²) in [6.07, 6.45) is 7.30. The number of hydrogen-bond donors (Lipinski definition) is 0. The fourth-order valence-corrected chi connectivity index (χ4v) is 1.68. The van der Waals surface area contributed by atoms with Crippen molar-refractivity contribution in [2.24, 2.45) is 0 Å². The van der Waals surface area contributed by atoms with Gasteiger partial charge in [0.1, 0.15) is 0 Å². The van der Waals surface area contributed by atoms with Crippen molar-refractivity contribution in [2.45, 2.75) is 40.0 Å². The van der Waals surface area contributed by atoms with Crippen LogP contribution in [-0.4, -0.2) is 4.98 Å². The Labute approximate surface area is 86.9 Å². The minimum Gasteiger partial charge on any atom is -0.260 e. The molecule has 2 rings (SSSR count). The highest BCUT2D eigenvalue weighted by Crippen LogP contribution is 2.26. The van der Waals surface area contributed by atoms with Gasteiger partial charge in [-0.15, -0.1) is 0 Å². The van der Waals surface area contributed by atoms with E-state index in [9.17, 15) is 0 Å². The molecule has 0 aromatic carbocycles. The Morgan fingerprint density at radius 2 is 2.00 bits per heavy atom. The monoisotopic (exact) mass is 189 g/mol. The van der Waals surface area contributed by atoms with Gasteiger partial charge in [-0.2, -0.15) is 0 Å². The molecule has 0 saturated heterocycles. The van der Waals surface area contributed by atoms with E-state index in [2.05, 4.69) is 37.0 Å². The van der Waals surface area contributed by atoms with Crippen LogP contribution in [0.3, 0.4) is 0 Å². The van der Waals surface area contributed by atoms with Gasteiger partial charge in [0, 0.05) is 12.6 Å². The molecule has 0 N–H and O–H groups in total. The second-order valence-electron chi connectivity index (χ2n) is 3.52. The molecule has 0 aliphatic heterocycles. The van der Waals surface area contributed by atoms with Crippen LogP contribution in [-0.2, 0) is 6.42 Å². The lowest BCUT2D eigenvalue weighted by Crippen LogP contribution is -1.95. The Morgan fingerprint density at radius 1 is 1.29 bits per heavy atom. The van der Waals surface area contributed by atoms with Crippen LogP contribution in [0, 0.1) is 0 Å². The summed E-state index contributed by atoms with van der Waals surface area (Å²) in [5, 5.41) is 0. The number of fused-ring (bicyclic) bond motifs is 1. The van der Waals surface area contributed by atoms with E-state index in [1.54, 1.807) is 0 Å². The minimum atomic E-state index is 0.601. The molecule has 1 aromatic heterocycles. The summed E-state index contributed by atoms with van der Waals surface area (Å²) in [6.45, 7) is 8.45. The van der Waals surface area contributed by atoms with Crippen molar-refractivity contribution in [3.8, 4) is 0 Å². The van der Waals surface area contributed by atoms with E-state index >= 15 is 0 Å². The molecule has 0 unspecified atom stereocenters. The van der Waals surface area contributed by atoms with E-state index in [0.29, 0.717) is 5.92 Å². The molecular formula is C13H19N. The van der Waals surface area contributed by atoms with Crippen LogP contribution in [0.15, 0.2) is 18.3 Å². The van der Waals surface area contributed by atoms with Crippen LogP contribution in [0.5, 0.6) is 0 Å². The molecule has 0 atom stereocenters. The average Bonchev–Trinajstić information content (AvgIpc) is 2.67. The molecule has 76 valence electrons. The van der Waals surface area contributed by atoms with Crippen molar-refractivity contribution in [3.05, 3.63) is 35.2 Å². The molecule has 14 heavy (non-hydrogen) atoms. The highest BCUT2D eigenvalue weighted by Gasteiger charge is 2.12. The van der Waals surface area contributed by atoms with Gasteiger partial charge in [-0.3, -0.25) is 4.98 Å². The number of pyridine rings is 1. The van der Waals surface area contributed by atoms with E-state index in [-0.39, 0.29) is 0 Å². The maximum Gasteiger partial charge on any atom is 0.0516 e. The second-order valence-corrected chi connectivity index (χ2v) is 3.52. The predicted molar refractivity (Wildman–Crippen MR) is 62.4 cm³/mol. The summed E-state index contributed by atoms with van der Waals surface area (Å²) >= 11 is 0. The molecule has 1 heterocycles. The van der Waals surface area contributed by atoms with E-state index in [1.807, 2.05) is 20.0 Å². The van der Waals surface area contributed by atoms with Gasteiger partial charge in [0.25, 0.3) is 0 Å². The van der Waals surface area contributed by atoms with Crippen LogP contribution in [0.1, 0.15) is 50.4 Å². The SMILES string of the molecule is CC.CC(C)c1ccnc2c1C=CC2. The van der Waals surface area contributed by atoms with Gasteiger partial charge >= 0.3 is 0 Å². The standard InChI is InChI=1S/C11H13N.C2H6/c1-8(2)9-6-7-12-11-5-3-4-10(9)11;1-2/h3-4,6-8H,5H2,1-2H3;1-2H3. The van der Waals surface area contributed by atoms with E-state index in [4.69, 9.17) is 0 Å². The Balaban J connectivity index is 0.000000461. The quantitative estimate of drug-likeness (QED) is 0.654. The number of nitrogens with zero attached hydrogens (tertiary/aromatic N) is 1. The maximum atomic E-state index is 4.34. The molecule has 0 fully saturated rings. The third kappa shape index (κ3) is 2.03. The first kappa shape index (κ1) is 11.0. The summed E-state index contributed by atoms with van der Waals surface area (Å²) in [5.41, 5.74) is 4.02. The lowest BCUT2D eigenvalue weighted by atomic mass is 9.98. The summed E-state index contributed by atoms with van der Waals surface area (Å²) in [6, 6.07) is 2.12. The average molecular weight is 189 g/mol. The normalized spacial score (nSPS) is 12.4. The van der Waals surface area contributed by atoms with Crippen molar-refractivity contribution < 1.29 is 0 Å². The fourth-order valence-electron chi connectivity index (χ4n) is 1.68. The third-order valence-corrected chi connectivity index (χ3v) is 2.32. The number of allylic oxidation sites excluding steroid dienone is 1. The molecule has 1 aliphatic carbocycles. The molecule has 1 heteroatoms. The van der Waals surface area contributed by atoms with Crippen LogP contribution in [0.4, 0.5) is 0 Å². The highest BCUT2D eigenvalue weighted by molar-refractivity contribution is 5.61. The van der Waals surface area contributed by atoms with Crippen LogP contribution in [0.2, 0.25) is 0 Å². The largest absolute Gasteiger partial charge is 0.260 e. The zero-order valence-corrected chi connectivity index (χ0v) is 9.54. The summed E-state index contributed by atoms with van der Waals surface area (Å²) < 4.78 is 0. The molecular weight excluding hydrogens is 170 g/mol.